The van der Waals surface area contributed by atoms with Crippen LogP contribution in [0.15, 0.2) is 27.4 Å². The smallest absolute Gasteiger partial charge is 0.408 e. The maximum absolute atomic E-state index is 11.7. The molecule has 20 heavy (non-hydrogen) atoms. The summed E-state index contributed by atoms with van der Waals surface area (Å²) in [6.07, 6.45) is 1.02. The summed E-state index contributed by atoms with van der Waals surface area (Å²) in [7, 11) is 1.97. The van der Waals surface area contributed by atoms with E-state index >= 15 is 0 Å². The molecular formula is C16H24N2O2. The van der Waals surface area contributed by atoms with E-state index in [1.165, 1.54) is 0 Å². The van der Waals surface area contributed by atoms with Gasteiger partial charge in [-0.25, -0.2) is 4.79 Å². The number of oxazole rings is 1. The number of hydrogen-bond donors (Lipinski definition) is 1. The first-order valence-electron chi connectivity index (χ1n) is 7.16. The van der Waals surface area contributed by atoms with Crippen LogP contribution in [0.2, 0.25) is 0 Å². The number of rotatable bonds is 4. The summed E-state index contributed by atoms with van der Waals surface area (Å²) in [6, 6.07) is 6.30. The van der Waals surface area contributed by atoms with Gasteiger partial charge in [0.05, 0.1) is 5.52 Å². The van der Waals surface area contributed by atoms with Gasteiger partial charge in [-0.2, -0.15) is 0 Å². The van der Waals surface area contributed by atoms with Crippen LogP contribution in [0.3, 0.4) is 0 Å². The highest BCUT2D eigenvalue weighted by atomic mass is 16.4. The monoisotopic (exact) mass is 276 g/mol. The second-order valence-corrected chi connectivity index (χ2v) is 6.45. The standard InChI is InChI=1S/C16H24N2O2/c1-6-18-13-8-7-11(9-14(13)20-15(18)19)12(17-5)10-16(2,3)4/h7-9,12,17H,6,10H2,1-5H3. The van der Waals surface area contributed by atoms with Crippen LogP contribution in [0, 0.1) is 5.41 Å². The summed E-state index contributed by atoms with van der Waals surface area (Å²) in [5.41, 5.74) is 2.93. The molecule has 2 aromatic rings. The highest BCUT2D eigenvalue weighted by Gasteiger charge is 2.20. The van der Waals surface area contributed by atoms with Crippen LogP contribution in [-0.4, -0.2) is 11.6 Å². The number of aryl methyl sites for hydroxylation is 1. The molecule has 0 spiro atoms. The Labute approximate surface area is 119 Å². The zero-order chi connectivity index (χ0) is 14.9. The molecule has 0 aliphatic carbocycles. The normalized spacial score (nSPS) is 13.8. The quantitative estimate of drug-likeness (QED) is 0.932. The van der Waals surface area contributed by atoms with Crippen molar-refractivity contribution in [3.05, 3.63) is 34.3 Å². The van der Waals surface area contributed by atoms with Crippen LogP contribution >= 0.6 is 0 Å². The Balaban J connectivity index is 2.43. The molecule has 1 unspecified atom stereocenters. The Morgan fingerprint density at radius 2 is 2.05 bits per heavy atom. The molecule has 0 bridgehead atoms. The van der Waals surface area contributed by atoms with Crippen LogP contribution < -0.4 is 11.1 Å². The van der Waals surface area contributed by atoms with E-state index < -0.39 is 0 Å². The molecular weight excluding hydrogens is 252 g/mol. The molecule has 1 atom stereocenters. The van der Waals surface area contributed by atoms with E-state index in [0.717, 1.165) is 17.5 Å². The fourth-order valence-electron chi connectivity index (χ4n) is 2.60. The maximum Gasteiger partial charge on any atom is 0.419 e. The molecule has 4 nitrogen and oxygen atoms in total. The zero-order valence-corrected chi connectivity index (χ0v) is 13.0. The van der Waals surface area contributed by atoms with E-state index in [1.54, 1.807) is 4.57 Å². The van der Waals surface area contributed by atoms with Crippen LogP contribution in [-0.2, 0) is 6.54 Å². The van der Waals surface area contributed by atoms with Crippen molar-refractivity contribution in [1.29, 1.82) is 0 Å². The molecule has 2 rings (SSSR count). The minimum Gasteiger partial charge on any atom is -0.408 e. The lowest BCUT2D eigenvalue weighted by Gasteiger charge is -2.26. The average molecular weight is 276 g/mol. The molecule has 0 radical (unpaired) electrons. The molecule has 0 fully saturated rings. The summed E-state index contributed by atoms with van der Waals surface area (Å²) in [6.45, 7) is 9.25. The molecule has 0 saturated carbocycles. The molecule has 110 valence electrons. The van der Waals surface area contributed by atoms with Gasteiger partial charge < -0.3 is 9.73 Å². The third-order valence-electron chi connectivity index (χ3n) is 3.58. The SMILES string of the molecule is CCn1c(=O)oc2cc(C(CC(C)(C)C)NC)ccc21. The molecule has 1 aromatic carbocycles. The van der Waals surface area contributed by atoms with Crippen LogP contribution in [0.1, 0.15) is 45.7 Å². The van der Waals surface area contributed by atoms with Gasteiger partial charge in [-0.1, -0.05) is 26.8 Å². The van der Waals surface area contributed by atoms with Gasteiger partial charge in [0.2, 0.25) is 0 Å². The zero-order valence-electron chi connectivity index (χ0n) is 13.0. The number of aromatic nitrogens is 1. The molecule has 0 saturated heterocycles. The van der Waals surface area contributed by atoms with E-state index in [4.69, 9.17) is 4.42 Å². The van der Waals surface area contributed by atoms with Crippen molar-refractivity contribution in [1.82, 2.24) is 9.88 Å². The van der Waals surface area contributed by atoms with Crippen LogP contribution in [0.4, 0.5) is 0 Å². The van der Waals surface area contributed by atoms with E-state index in [0.29, 0.717) is 12.1 Å². The summed E-state index contributed by atoms with van der Waals surface area (Å²) in [4.78, 5) is 11.7. The topological polar surface area (TPSA) is 47.2 Å². The highest BCUT2D eigenvalue weighted by molar-refractivity contribution is 5.73. The lowest BCUT2D eigenvalue weighted by atomic mass is 9.85. The average Bonchev–Trinajstić information content (AvgIpc) is 2.69. The first-order chi connectivity index (χ1) is 9.35. The molecule has 0 aliphatic heterocycles. The second kappa shape index (κ2) is 5.44. The minimum atomic E-state index is -0.281. The first-order valence-corrected chi connectivity index (χ1v) is 7.16. The van der Waals surface area contributed by atoms with E-state index in [1.807, 2.05) is 26.1 Å². The van der Waals surface area contributed by atoms with E-state index in [9.17, 15) is 4.79 Å². The van der Waals surface area contributed by atoms with Gasteiger partial charge in [0.1, 0.15) is 0 Å². The Kier molecular flexibility index (Phi) is 4.04. The molecule has 0 aliphatic rings. The molecule has 1 heterocycles. The van der Waals surface area contributed by atoms with Gasteiger partial charge in [0.15, 0.2) is 5.58 Å². The molecule has 0 amide bonds. The Morgan fingerprint density at radius 1 is 1.35 bits per heavy atom. The predicted molar refractivity (Wildman–Crippen MR) is 82.0 cm³/mol. The van der Waals surface area contributed by atoms with Gasteiger partial charge in [-0.05, 0) is 43.5 Å². The van der Waals surface area contributed by atoms with Crippen LogP contribution in [0.5, 0.6) is 0 Å². The minimum absolute atomic E-state index is 0.235. The first kappa shape index (κ1) is 14.9. The highest BCUT2D eigenvalue weighted by Crippen LogP contribution is 2.30. The summed E-state index contributed by atoms with van der Waals surface area (Å²) >= 11 is 0. The fourth-order valence-corrected chi connectivity index (χ4v) is 2.60. The summed E-state index contributed by atoms with van der Waals surface area (Å²) in [5.74, 6) is -0.281. The third kappa shape index (κ3) is 2.96. The van der Waals surface area contributed by atoms with Gasteiger partial charge in [0, 0.05) is 12.6 Å². The van der Waals surface area contributed by atoms with Crippen molar-refractivity contribution >= 4 is 11.1 Å². The number of benzene rings is 1. The number of nitrogens with one attached hydrogen (secondary N) is 1. The van der Waals surface area contributed by atoms with E-state index in [-0.39, 0.29) is 17.2 Å². The Morgan fingerprint density at radius 3 is 2.60 bits per heavy atom. The van der Waals surface area contributed by atoms with Gasteiger partial charge >= 0.3 is 5.76 Å². The van der Waals surface area contributed by atoms with Crippen LogP contribution in [0.25, 0.3) is 11.1 Å². The lowest BCUT2D eigenvalue weighted by molar-refractivity contribution is 0.321. The third-order valence-corrected chi connectivity index (χ3v) is 3.58. The molecule has 1 N–H and O–H groups in total. The number of fused-ring (bicyclic) bond motifs is 1. The van der Waals surface area contributed by atoms with E-state index in [2.05, 4.69) is 32.2 Å². The summed E-state index contributed by atoms with van der Waals surface area (Å²) < 4.78 is 6.99. The van der Waals surface area contributed by atoms with Crippen molar-refractivity contribution in [2.24, 2.45) is 5.41 Å². The summed E-state index contributed by atoms with van der Waals surface area (Å²) in [5, 5.41) is 3.35. The lowest BCUT2D eigenvalue weighted by Crippen LogP contribution is -2.22. The Bertz CT molecular complexity index is 647. The molecule has 4 heteroatoms. The second-order valence-electron chi connectivity index (χ2n) is 6.45. The van der Waals surface area contributed by atoms with Crippen molar-refractivity contribution in [2.75, 3.05) is 7.05 Å². The fraction of sp³-hybridized carbons (Fsp3) is 0.562. The van der Waals surface area contributed by atoms with Gasteiger partial charge in [-0.3, -0.25) is 4.57 Å². The molecule has 1 aromatic heterocycles. The Hall–Kier alpha value is -1.55. The van der Waals surface area contributed by atoms with Crippen molar-refractivity contribution in [3.8, 4) is 0 Å². The largest absolute Gasteiger partial charge is 0.419 e. The number of nitrogens with zero attached hydrogens (tertiary/aromatic N) is 1. The van der Waals surface area contributed by atoms with Gasteiger partial charge in [0.25, 0.3) is 0 Å². The van der Waals surface area contributed by atoms with Crippen molar-refractivity contribution in [2.45, 2.75) is 46.7 Å². The number of hydrogen-bond acceptors (Lipinski definition) is 3. The van der Waals surface area contributed by atoms with Gasteiger partial charge in [-0.15, -0.1) is 0 Å². The van der Waals surface area contributed by atoms with Crippen molar-refractivity contribution in [3.63, 3.8) is 0 Å². The maximum atomic E-state index is 11.7. The van der Waals surface area contributed by atoms with Crippen molar-refractivity contribution < 1.29 is 4.42 Å². The predicted octanol–water partition coefficient (Wildman–Crippen LogP) is 3.31.